The molecule has 0 spiro atoms. The number of rotatable bonds is 4. The number of fused-ring (bicyclic) bond motifs is 1. The van der Waals surface area contributed by atoms with E-state index in [9.17, 15) is 10.1 Å². The number of hydrogen-bond acceptors (Lipinski definition) is 2. The van der Waals surface area contributed by atoms with Gasteiger partial charge in [0, 0.05) is 16.6 Å². The number of terminal acetylenes is 1. The highest BCUT2D eigenvalue weighted by Gasteiger charge is 2.27. The van der Waals surface area contributed by atoms with Crippen LogP contribution in [-0.2, 0) is 18.3 Å². The average molecular weight is 340 g/mol. The van der Waals surface area contributed by atoms with Crippen molar-refractivity contribution in [1.82, 2.24) is 4.98 Å². The summed E-state index contributed by atoms with van der Waals surface area (Å²) in [5.74, 6) is 2.63. The first kappa shape index (κ1) is 17.5. The summed E-state index contributed by atoms with van der Waals surface area (Å²) in [6.07, 6.45) is 6.71. The van der Waals surface area contributed by atoms with Gasteiger partial charge in [0.2, 0.25) is 0 Å². The maximum absolute atomic E-state index is 12.1. The van der Waals surface area contributed by atoms with Crippen LogP contribution in [-0.4, -0.2) is 4.98 Å². The zero-order chi connectivity index (χ0) is 18.7. The molecule has 1 unspecified atom stereocenters. The molecule has 0 aliphatic carbocycles. The molecule has 2 aromatic carbocycles. The second-order valence-corrected chi connectivity index (χ2v) is 6.74. The summed E-state index contributed by atoms with van der Waals surface area (Å²) in [6, 6.07) is 17.9. The third-order valence-electron chi connectivity index (χ3n) is 4.84. The minimum absolute atomic E-state index is 0.0717. The van der Waals surface area contributed by atoms with Crippen LogP contribution in [0.3, 0.4) is 0 Å². The molecular weight excluding hydrogens is 320 g/mol. The van der Waals surface area contributed by atoms with Gasteiger partial charge in [0.05, 0.1) is 11.5 Å². The number of nitriles is 1. The van der Waals surface area contributed by atoms with Crippen molar-refractivity contribution in [3.8, 4) is 18.4 Å². The van der Waals surface area contributed by atoms with E-state index >= 15 is 0 Å². The number of pyridine rings is 1. The molecular formula is C23H20N2O. The fourth-order valence-corrected chi connectivity index (χ4v) is 3.24. The van der Waals surface area contributed by atoms with Crippen LogP contribution in [0, 0.1) is 23.7 Å². The third-order valence-corrected chi connectivity index (χ3v) is 4.84. The lowest BCUT2D eigenvalue weighted by Crippen LogP contribution is -2.23. The molecule has 0 radical (unpaired) electrons. The lowest BCUT2D eigenvalue weighted by Gasteiger charge is -2.23. The van der Waals surface area contributed by atoms with Gasteiger partial charge in [-0.25, -0.2) is 0 Å². The quantitative estimate of drug-likeness (QED) is 0.727. The van der Waals surface area contributed by atoms with Crippen molar-refractivity contribution in [3.05, 3.63) is 81.1 Å². The van der Waals surface area contributed by atoms with Gasteiger partial charge in [0.15, 0.2) is 0 Å². The average Bonchev–Trinajstić information content (AvgIpc) is 2.67. The summed E-state index contributed by atoms with van der Waals surface area (Å²) in [4.78, 5) is 15.1. The molecule has 0 aliphatic rings. The summed E-state index contributed by atoms with van der Waals surface area (Å²) in [5.41, 5.74) is 3.41. The van der Waals surface area contributed by atoms with E-state index in [1.165, 1.54) is 0 Å². The van der Waals surface area contributed by atoms with Crippen LogP contribution in [0.15, 0.2) is 53.3 Å². The van der Waals surface area contributed by atoms with E-state index in [0.717, 1.165) is 33.2 Å². The van der Waals surface area contributed by atoms with Crippen molar-refractivity contribution < 1.29 is 0 Å². The molecule has 26 heavy (non-hydrogen) atoms. The maximum atomic E-state index is 12.1. The summed E-state index contributed by atoms with van der Waals surface area (Å²) in [6.45, 7) is 3.87. The lowest BCUT2D eigenvalue weighted by molar-refractivity contribution is 0.607. The molecule has 0 saturated carbocycles. The van der Waals surface area contributed by atoms with E-state index in [4.69, 9.17) is 6.42 Å². The van der Waals surface area contributed by atoms with Crippen molar-refractivity contribution in [2.75, 3.05) is 0 Å². The van der Waals surface area contributed by atoms with Crippen molar-refractivity contribution in [1.29, 1.82) is 5.26 Å². The van der Waals surface area contributed by atoms with Crippen molar-refractivity contribution >= 4 is 10.9 Å². The normalized spacial score (nSPS) is 12.9. The summed E-state index contributed by atoms with van der Waals surface area (Å²) < 4.78 is 0. The molecule has 0 aliphatic heterocycles. The van der Waals surface area contributed by atoms with Gasteiger partial charge in [-0.15, -0.1) is 6.42 Å². The van der Waals surface area contributed by atoms with Crippen LogP contribution in [0.2, 0.25) is 0 Å². The largest absolute Gasteiger partial charge is 0.322 e. The maximum Gasteiger partial charge on any atom is 0.251 e. The Labute approximate surface area is 153 Å². The van der Waals surface area contributed by atoms with Gasteiger partial charge >= 0.3 is 0 Å². The van der Waals surface area contributed by atoms with E-state index in [2.05, 4.69) is 17.0 Å². The minimum Gasteiger partial charge on any atom is -0.322 e. The number of hydrogen-bond donors (Lipinski definition) is 1. The van der Waals surface area contributed by atoms with E-state index in [1.54, 1.807) is 0 Å². The third kappa shape index (κ3) is 3.25. The van der Waals surface area contributed by atoms with Crippen LogP contribution in [0.1, 0.15) is 36.1 Å². The first-order chi connectivity index (χ1) is 12.5. The Bertz CT molecular complexity index is 1110. The number of aromatic nitrogens is 1. The Kier molecular flexibility index (Phi) is 4.65. The van der Waals surface area contributed by atoms with Crippen LogP contribution < -0.4 is 5.56 Å². The van der Waals surface area contributed by atoms with Crippen molar-refractivity contribution in [2.24, 2.45) is 0 Å². The smallest absolute Gasteiger partial charge is 0.251 e. The SMILES string of the molecule is C#Cc1cccc(CC(C)(C#N)c2ccc3cc(CC)c(=O)[nH]c3c2)c1. The van der Waals surface area contributed by atoms with E-state index in [0.29, 0.717) is 12.8 Å². The van der Waals surface area contributed by atoms with Crippen LogP contribution >= 0.6 is 0 Å². The fraction of sp³-hybridized carbons (Fsp3) is 0.217. The predicted molar refractivity (Wildman–Crippen MR) is 105 cm³/mol. The Hall–Kier alpha value is -3.30. The minimum atomic E-state index is -0.721. The van der Waals surface area contributed by atoms with Crippen LogP contribution in [0.25, 0.3) is 10.9 Å². The Morgan fingerprint density at radius 3 is 2.69 bits per heavy atom. The number of aryl methyl sites for hydroxylation is 1. The number of H-pyrrole nitrogens is 1. The van der Waals surface area contributed by atoms with Crippen LogP contribution in [0.5, 0.6) is 0 Å². The second kappa shape index (κ2) is 6.90. The molecule has 3 nitrogen and oxygen atoms in total. The second-order valence-electron chi connectivity index (χ2n) is 6.74. The molecule has 0 saturated heterocycles. The molecule has 1 atom stereocenters. The highest BCUT2D eigenvalue weighted by molar-refractivity contribution is 5.80. The first-order valence-corrected chi connectivity index (χ1v) is 8.62. The summed E-state index contributed by atoms with van der Waals surface area (Å²) >= 11 is 0. The molecule has 0 fully saturated rings. The first-order valence-electron chi connectivity index (χ1n) is 8.62. The van der Waals surface area contributed by atoms with Gasteiger partial charge in [0.25, 0.3) is 5.56 Å². The molecule has 0 amide bonds. The summed E-state index contributed by atoms with van der Waals surface area (Å²) in [5, 5.41) is 10.8. The molecule has 3 heteroatoms. The number of nitrogens with zero attached hydrogens (tertiary/aromatic N) is 1. The fourth-order valence-electron chi connectivity index (χ4n) is 3.24. The summed E-state index contributed by atoms with van der Waals surface area (Å²) in [7, 11) is 0. The molecule has 128 valence electrons. The van der Waals surface area contributed by atoms with Crippen molar-refractivity contribution in [3.63, 3.8) is 0 Å². The molecule has 3 aromatic rings. The standard InChI is InChI=1S/C23H20N2O/c1-4-16-7-6-8-17(11-16)14-23(3,15-24)20-10-9-19-12-18(5-2)22(26)25-21(19)13-20/h1,6-13H,5,14H2,2-3H3,(H,25,26). The zero-order valence-corrected chi connectivity index (χ0v) is 15.0. The van der Waals surface area contributed by atoms with Crippen LogP contribution in [0.4, 0.5) is 0 Å². The molecule has 1 N–H and O–H groups in total. The predicted octanol–water partition coefficient (Wildman–Crippen LogP) is 4.10. The number of nitrogens with one attached hydrogen (secondary N) is 1. The van der Waals surface area contributed by atoms with E-state index in [1.807, 2.05) is 62.4 Å². The Morgan fingerprint density at radius 2 is 2.00 bits per heavy atom. The van der Waals surface area contributed by atoms with Gasteiger partial charge < -0.3 is 4.98 Å². The van der Waals surface area contributed by atoms with Gasteiger partial charge in [-0.2, -0.15) is 5.26 Å². The van der Waals surface area contributed by atoms with Gasteiger partial charge in [-0.1, -0.05) is 37.1 Å². The van der Waals surface area contributed by atoms with Crippen molar-refractivity contribution in [2.45, 2.75) is 32.1 Å². The molecule has 1 heterocycles. The van der Waals surface area contributed by atoms with E-state index < -0.39 is 5.41 Å². The monoisotopic (exact) mass is 340 g/mol. The lowest BCUT2D eigenvalue weighted by atomic mass is 9.78. The van der Waals surface area contributed by atoms with Gasteiger partial charge in [0.1, 0.15) is 0 Å². The Morgan fingerprint density at radius 1 is 1.19 bits per heavy atom. The van der Waals surface area contributed by atoms with Gasteiger partial charge in [-0.05, 0) is 60.5 Å². The van der Waals surface area contributed by atoms with E-state index in [-0.39, 0.29) is 5.56 Å². The number of benzene rings is 2. The molecule has 0 bridgehead atoms. The topological polar surface area (TPSA) is 56.6 Å². The highest BCUT2D eigenvalue weighted by atomic mass is 16.1. The molecule has 3 rings (SSSR count). The number of aromatic amines is 1. The molecule has 1 aromatic heterocycles. The zero-order valence-electron chi connectivity index (χ0n) is 15.0. The van der Waals surface area contributed by atoms with Gasteiger partial charge in [-0.3, -0.25) is 4.79 Å². The highest BCUT2D eigenvalue weighted by Crippen LogP contribution is 2.30. The Balaban J connectivity index is 2.05.